The third kappa shape index (κ3) is 3.87. The van der Waals surface area contributed by atoms with E-state index < -0.39 is 12.7 Å². The van der Waals surface area contributed by atoms with Crippen molar-refractivity contribution in [3.8, 4) is 16.7 Å². The van der Waals surface area contributed by atoms with Crippen molar-refractivity contribution in [3.63, 3.8) is 0 Å². The molecule has 9 heteroatoms. The number of halogens is 3. The molecule has 0 saturated carbocycles. The summed E-state index contributed by atoms with van der Waals surface area (Å²) >= 11 is 1.24. The second-order valence-corrected chi connectivity index (χ2v) is 5.05. The zero-order valence-corrected chi connectivity index (χ0v) is 11.8. The minimum absolute atomic E-state index is 0.313. The molecule has 0 unspecified atom stereocenters. The minimum Gasteiger partial charge on any atom is -0.431 e. The summed E-state index contributed by atoms with van der Waals surface area (Å²) in [7, 11) is 0. The molecule has 1 fully saturated rings. The van der Waals surface area contributed by atoms with Crippen molar-refractivity contribution in [2.45, 2.75) is 12.7 Å². The summed E-state index contributed by atoms with van der Waals surface area (Å²) in [6.45, 7) is 1.03. The Morgan fingerprint density at radius 3 is 2.36 bits per heavy atom. The predicted octanol–water partition coefficient (Wildman–Crippen LogP) is 3.88. The van der Waals surface area contributed by atoms with Crippen molar-refractivity contribution in [1.82, 2.24) is 4.98 Å². The molecular weight excluding hydrogens is 323 g/mol. The number of rotatable bonds is 4. The van der Waals surface area contributed by atoms with Crippen LogP contribution in [-0.2, 0) is 9.47 Å². The van der Waals surface area contributed by atoms with Crippen LogP contribution in [0.5, 0.6) is 16.7 Å². The molecule has 0 spiro atoms. The van der Waals surface area contributed by atoms with E-state index in [0.29, 0.717) is 29.9 Å². The summed E-state index contributed by atoms with van der Waals surface area (Å²) < 4.78 is 56.0. The number of nitrogens with zero attached hydrogens (tertiary/aromatic N) is 1. The summed E-state index contributed by atoms with van der Waals surface area (Å²) in [5.41, 5.74) is 0.606. The topological polar surface area (TPSA) is 49.8 Å². The average molecular weight is 333 g/mol. The van der Waals surface area contributed by atoms with Crippen LogP contribution in [-0.4, -0.2) is 24.6 Å². The Morgan fingerprint density at radius 1 is 1.09 bits per heavy atom. The van der Waals surface area contributed by atoms with Gasteiger partial charge >= 0.3 is 6.36 Å². The number of benzene rings is 1. The first-order valence-electron chi connectivity index (χ1n) is 6.22. The lowest BCUT2D eigenvalue weighted by Crippen LogP contribution is -2.16. The van der Waals surface area contributed by atoms with Gasteiger partial charge in [-0.15, -0.1) is 13.2 Å². The molecule has 2 aromatic rings. The van der Waals surface area contributed by atoms with E-state index in [0.717, 1.165) is 0 Å². The van der Waals surface area contributed by atoms with E-state index in [9.17, 15) is 13.2 Å². The van der Waals surface area contributed by atoms with Gasteiger partial charge in [0.05, 0.1) is 13.2 Å². The highest BCUT2D eigenvalue weighted by Crippen LogP contribution is 2.32. The smallest absolute Gasteiger partial charge is 0.431 e. The fourth-order valence-electron chi connectivity index (χ4n) is 1.76. The van der Waals surface area contributed by atoms with Gasteiger partial charge in [0.15, 0.2) is 0 Å². The van der Waals surface area contributed by atoms with Crippen molar-refractivity contribution in [1.29, 1.82) is 0 Å². The van der Waals surface area contributed by atoms with E-state index in [4.69, 9.17) is 14.2 Å². The van der Waals surface area contributed by atoms with Crippen molar-refractivity contribution < 1.29 is 32.1 Å². The number of aromatic nitrogens is 1. The van der Waals surface area contributed by atoms with Gasteiger partial charge in [-0.05, 0) is 24.3 Å². The van der Waals surface area contributed by atoms with Crippen LogP contribution in [0.25, 0.3) is 0 Å². The fraction of sp³-hybridized carbons (Fsp3) is 0.308. The van der Waals surface area contributed by atoms with Crippen LogP contribution in [0.4, 0.5) is 13.2 Å². The molecule has 1 aromatic heterocycles. The molecule has 0 radical (unpaired) electrons. The van der Waals surface area contributed by atoms with E-state index in [1.165, 1.54) is 35.6 Å². The molecule has 0 atom stereocenters. The van der Waals surface area contributed by atoms with Gasteiger partial charge < -0.3 is 18.9 Å². The summed E-state index contributed by atoms with van der Waals surface area (Å²) in [6.07, 6.45) is -5.20. The monoisotopic (exact) mass is 333 g/mol. The van der Waals surface area contributed by atoms with E-state index in [2.05, 4.69) is 9.72 Å². The van der Waals surface area contributed by atoms with Gasteiger partial charge in [-0.25, -0.2) is 4.98 Å². The van der Waals surface area contributed by atoms with E-state index in [1.54, 1.807) is 5.38 Å². The van der Waals surface area contributed by atoms with Crippen LogP contribution in [0.1, 0.15) is 12.0 Å². The average Bonchev–Trinajstić information content (AvgIpc) is 3.10. The molecular formula is C13H10F3NO4S. The molecule has 0 amide bonds. The first-order chi connectivity index (χ1) is 10.5. The normalized spacial score (nSPS) is 16.0. The number of thiazole rings is 1. The Labute approximate surface area is 127 Å². The van der Waals surface area contributed by atoms with Crippen molar-refractivity contribution in [3.05, 3.63) is 35.3 Å². The third-order valence-corrected chi connectivity index (χ3v) is 3.36. The molecule has 0 N–H and O–H groups in total. The molecule has 0 bridgehead atoms. The molecule has 0 aliphatic carbocycles. The number of alkyl halides is 3. The first kappa shape index (κ1) is 15.1. The van der Waals surface area contributed by atoms with Crippen LogP contribution in [0.2, 0.25) is 0 Å². The highest BCUT2D eigenvalue weighted by Gasteiger charge is 2.31. The van der Waals surface area contributed by atoms with Crippen LogP contribution < -0.4 is 9.47 Å². The second-order valence-electron chi connectivity index (χ2n) is 4.23. The number of hydrogen-bond acceptors (Lipinski definition) is 6. The SMILES string of the molecule is FC(F)(F)Oc1ccc(Oc2nc(C3OCCO3)cs2)cc1. The molecule has 118 valence electrons. The van der Waals surface area contributed by atoms with Crippen molar-refractivity contribution >= 4 is 11.3 Å². The number of hydrogen-bond donors (Lipinski definition) is 0. The quantitative estimate of drug-likeness (QED) is 0.850. The maximum absolute atomic E-state index is 12.1. The Kier molecular flexibility index (Phi) is 4.19. The van der Waals surface area contributed by atoms with Crippen LogP contribution in [0.3, 0.4) is 0 Å². The fourth-order valence-corrected chi connectivity index (χ4v) is 2.45. The summed E-state index contributed by atoms with van der Waals surface area (Å²) in [4.78, 5) is 4.20. The van der Waals surface area contributed by atoms with Crippen LogP contribution in [0.15, 0.2) is 29.6 Å². The molecule has 1 aliphatic heterocycles. The van der Waals surface area contributed by atoms with Gasteiger partial charge in [0.2, 0.25) is 6.29 Å². The standard InChI is InChI=1S/C13H10F3NO4S/c14-13(15,16)21-9-3-1-8(2-4-9)20-12-17-10(7-22-12)11-18-5-6-19-11/h1-4,7,11H,5-6H2. The Bertz CT molecular complexity index is 623. The summed E-state index contributed by atoms with van der Waals surface area (Å²) in [5, 5.41) is 2.09. The number of ether oxygens (including phenoxy) is 4. The maximum Gasteiger partial charge on any atom is 0.573 e. The maximum atomic E-state index is 12.1. The molecule has 3 rings (SSSR count). The zero-order valence-electron chi connectivity index (χ0n) is 11.0. The molecule has 1 aliphatic rings. The van der Waals surface area contributed by atoms with Gasteiger partial charge in [-0.2, -0.15) is 0 Å². The lowest BCUT2D eigenvalue weighted by Gasteiger charge is -2.09. The Hall–Kier alpha value is -1.84. The van der Waals surface area contributed by atoms with E-state index >= 15 is 0 Å². The summed E-state index contributed by atoms with van der Waals surface area (Å²) in [5.74, 6) is 0.0381. The second kappa shape index (κ2) is 6.11. The third-order valence-electron chi connectivity index (χ3n) is 2.63. The van der Waals surface area contributed by atoms with E-state index in [1.807, 2.05) is 0 Å². The van der Waals surface area contributed by atoms with Crippen LogP contribution >= 0.6 is 11.3 Å². The largest absolute Gasteiger partial charge is 0.573 e. The van der Waals surface area contributed by atoms with Gasteiger partial charge in [0.25, 0.3) is 5.19 Å². The molecule has 1 saturated heterocycles. The Morgan fingerprint density at radius 2 is 1.73 bits per heavy atom. The van der Waals surface area contributed by atoms with Gasteiger partial charge in [-0.3, -0.25) is 0 Å². The predicted molar refractivity (Wildman–Crippen MR) is 70.0 cm³/mol. The van der Waals surface area contributed by atoms with Crippen LogP contribution in [0, 0.1) is 0 Å². The highest BCUT2D eigenvalue weighted by atomic mass is 32.1. The first-order valence-corrected chi connectivity index (χ1v) is 7.10. The lowest BCUT2D eigenvalue weighted by molar-refractivity contribution is -0.274. The lowest BCUT2D eigenvalue weighted by atomic mass is 10.3. The van der Waals surface area contributed by atoms with Crippen molar-refractivity contribution in [2.24, 2.45) is 0 Å². The highest BCUT2D eigenvalue weighted by molar-refractivity contribution is 7.11. The molecule has 5 nitrogen and oxygen atoms in total. The summed E-state index contributed by atoms with van der Waals surface area (Å²) in [6, 6.07) is 5.07. The molecule has 1 aromatic carbocycles. The molecule has 2 heterocycles. The zero-order chi connectivity index (χ0) is 15.6. The van der Waals surface area contributed by atoms with E-state index in [-0.39, 0.29) is 5.75 Å². The minimum atomic E-state index is -4.71. The van der Waals surface area contributed by atoms with Gasteiger partial charge in [-0.1, -0.05) is 11.3 Å². The Balaban J connectivity index is 1.63. The van der Waals surface area contributed by atoms with Gasteiger partial charge in [0.1, 0.15) is 17.2 Å². The van der Waals surface area contributed by atoms with Crippen molar-refractivity contribution in [2.75, 3.05) is 13.2 Å². The molecule has 22 heavy (non-hydrogen) atoms. The van der Waals surface area contributed by atoms with Gasteiger partial charge in [0, 0.05) is 5.38 Å².